The SMILES string of the molecule is C[C@@H](OC(=O)Nc1c(Cl)nsc1-c1ccc(-c2ccc(C3(C=O)CC3)cc2)cc1)c1ccccc1Cl. The molecule has 3 aromatic carbocycles. The van der Waals surface area contributed by atoms with E-state index in [0.29, 0.717) is 16.3 Å². The molecule has 36 heavy (non-hydrogen) atoms. The first-order valence-corrected chi connectivity index (χ1v) is 13.0. The third-order valence-electron chi connectivity index (χ3n) is 6.46. The summed E-state index contributed by atoms with van der Waals surface area (Å²) in [5, 5.41) is 3.46. The Bertz CT molecular complexity index is 1410. The third-order valence-corrected chi connectivity index (χ3v) is 8.07. The van der Waals surface area contributed by atoms with Gasteiger partial charge in [0.1, 0.15) is 18.1 Å². The predicted octanol–water partition coefficient (Wildman–Crippen LogP) is 8.32. The van der Waals surface area contributed by atoms with Crippen LogP contribution in [0.1, 0.15) is 37.0 Å². The minimum atomic E-state index is -0.647. The Labute approximate surface area is 223 Å². The highest BCUT2D eigenvalue weighted by Gasteiger charge is 2.44. The summed E-state index contributed by atoms with van der Waals surface area (Å²) in [7, 11) is 0. The molecule has 1 aliphatic carbocycles. The van der Waals surface area contributed by atoms with Gasteiger partial charge in [-0.1, -0.05) is 89.9 Å². The Hall–Kier alpha value is -3.19. The molecule has 1 aromatic heterocycles. The largest absolute Gasteiger partial charge is 0.441 e. The molecule has 1 atom stereocenters. The number of benzene rings is 3. The number of ether oxygens (including phenoxy) is 1. The molecule has 1 heterocycles. The molecule has 1 N–H and O–H groups in total. The molecule has 1 amide bonds. The van der Waals surface area contributed by atoms with Crippen molar-refractivity contribution in [2.45, 2.75) is 31.3 Å². The summed E-state index contributed by atoms with van der Waals surface area (Å²) in [5.41, 5.74) is 4.88. The fourth-order valence-electron chi connectivity index (χ4n) is 4.15. The second kappa shape index (κ2) is 10.1. The zero-order chi connectivity index (χ0) is 25.3. The Morgan fingerprint density at radius 1 is 1.00 bits per heavy atom. The van der Waals surface area contributed by atoms with Crippen molar-refractivity contribution in [3.63, 3.8) is 0 Å². The molecule has 5 nitrogen and oxygen atoms in total. The molecule has 4 aromatic rings. The average Bonchev–Trinajstić information content (AvgIpc) is 3.62. The highest BCUT2D eigenvalue weighted by molar-refractivity contribution is 7.10. The van der Waals surface area contributed by atoms with Crippen LogP contribution in [0.4, 0.5) is 10.5 Å². The fourth-order valence-corrected chi connectivity index (χ4v) is 5.49. The summed E-state index contributed by atoms with van der Waals surface area (Å²) in [6.07, 6.45) is 1.72. The van der Waals surface area contributed by atoms with E-state index in [0.717, 1.165) is 46.3 Å². The summed E-state index contributed by atoms with van der Waals surface area (Å²) < 4.78 is 9.73. The van der Waals surface area contributed by atoms with Crippen LogP contribution in [0.2, 0.25) is 10.2 Å². The van der Waals surface area contributed by atoms with Crippen molar-refractivity contribution in [1.82, 2.24) is 4.37 Å². The van der Waals surface area contributed by atoms with Crippen LogP contribution in [-0.4, -0.2) is 16.8 Å². The zero-order valence-electron chi connectivity index (χ0n) is 19.3. The number of anilines is 1. The molecule has 1 aliphatic rings. The maximum atomic E-state index is 12.6. The molecule has 1 fully saturated rings. The van der Waals surface area contributed by atoms with Crippen LogP contribution in [0.3, 0.4) is 0 Å². The lowest BCUT2D eigenvalue weighted by molar-refractivity contribution is -0.109. The van der Waals surface area contributed by atoms with E-state index in [4.69, 9.17) is 27.9 Å². The van der Waals surface area contributed by atoms with Gasteiger partial charge in [0.25, 0.3) is 0 Å². The second-order valence-electron chi connectivity index (χ2n) is 8.80. The minimum Gasteiger partial charge on any atom is -0.441 e. The van der Waals surface area contributed by atoms with Gasteiger partial charge >= 0.3 is 6.09 Å². The first-order chi connectivity index (χ1) is 17.4. The first kappa shape index (κ1) is 24.5. The van der Waals surface area contributed by atoms with Crippen LogP contribution in [0.25, 0.3) is 21.6 Å². The van der Waals surface area contributed by atoms with Gasteiger partial charge in [0.05, 0.1) is 10.3 Å². The standard InChI is InChI=1S/C28H22Cl2N2O3S/c1-17(22-4-2-3-5-23(22)29)35-27(34)31-24-25(36-32-26(24)30)20-8-6-18(7-9-20)19-10-12-21(13-11-19)28(16-33)14-15-28/h2-13,16-17H,14-15H2,1H3,(H,31,34)/t17-/m1/s1. The number of aldehydes is 1. The van der Waals surface area contributed by atoms with Crippen molar-refractivity contribution < 1.29 is 14.3 Å². The normalized spacial score (nSPS) is 14.6. The molecule has 8 heteroatoms. The number of carbonyl (C=O) groups excluding carboxylic acids is 2. The van der Waals surface area contributed by atoms with Gasteiger partial charge in [0.15, 0.2) is 5.15 Å². The number of aromatic nitrogens is 1. The number of nitrogens with one attached hydrogen (secondary N) is 1. The number of carbonyl (C=O) groups is 2. The third kappa shape index (κ3) is 4.89. The van der Waals surface area contributed by atoms with Crippen LogP contribution in [-0.2, 0) is 14.9 Å². The summed E-state index contributed by atoms with van der Waals surface area (Å²) in [5.74, 6) is 0. The minimum absolute atomic E-state index is 0.196. The van der Waals surface area contributed by atoms with Crippen LogP contribution in [0, 0.1) is 0 Å². The summed E-state index contributed by atoms with van der Waals surface area (Å²) in [6, 6.07) is 23.3. The predicted molar refractivity (Wildman–Crippen MR) is 145 cm³/mol. The van der Waals surface area contributed by atoms with Crippen LogP contribution < -0.4 is 5.32 Å². The molecule has 5 rings (SSSR count). The summed E-state index contributed by atoms with van der Waals surface area (Å²) in [4.78, 5) is 24.7. The maximum Gasteiger partial charge on any atom is 0.412 e. The monoisotopic (exact) mass is 536 g/mol. The lowest BCUT2D eigenvalue weighted by atomic mass is 9.95. The van der Waals surface area contributed by atoms with Crippen molar-refractivity contribution in [2.75, 3.05) is 5.32 Å². The molecular weight excluding hydrogens is 515 g/mol. The van der Waals surface area contributed by atoms with Crippen molar-refractivity contribution >= 4 is 52.8 Å². The maximum absolute atomic E-state index is 12.6. The van der Waals surface area contributed by atoms with Gasteiger partial charge in [0.2, 0.25) is 0 Å². The highest BCUT2D eigenvalue weighted by Crippen LogP contribution is 2.46. The zero-order valence-corrected chi connectivity index (χ0v) is 21.7. The van der Waals surface area contributed by atoms with Crippen molar-refractivity contribution in [1.29, 1.82) is 0 Å². The molecule has 0 aliphatic heterocycles. The molecule has 182 valence electrons. The van der Waals surface area contributed by atoms with Crippen molar-refractivity contribution in [3.8, 4) is 21.6 Å². The summed E-state index contributed by atoms with van der Waals surface area (Å²) in [6.45, 7) is 1.75. The number of halogens is 2. The fraction of sp³-hybridized carbons (Fsp3) is 0.179. The molecule has 0 bridgehead atoms. The molecule has 0 radical (unpaired) electrons. The van der Waals surface area contributed by atoms with Gasteiger partial charge in [0, 0.05) is 10.6 Å². The molecular formula is C28H22Cl2N2O3S. The second-order valence-corrected chi connectivity index (χ2v) is 10.3. The van der Waals surface area contributed by atoms with E-state index in [1.54, 1.807) is 13.0 Å². The van der Waals surface area contributed by atoms with E-state index >= 15 is 0 Å². The van der Waals surface area contributed by atoms with E-state index in [1.165, 1.54) is 11.5 Å². The number of hydrogen-bond acceptors (Lipinski definition) is 5. The first-order valence-electron chi connectivity index (χ1n) is 11.4. The lowest BCUT2D eigenvalue weighted by Crippen LogP contribution is -2.16. The number of rotatable bonds is 7. The topological polar surface area (TPSA) is 68.3 Å². The van der Waals surface area contributed by atoms with E-state index in [-0.39, 0.29) is 10.6 Å². The average molecular weight is 537 g/mol. The van der Waals surface area contributed by atoms with Crippen LogP contribution in [0.15, 0.2) is 72.8 Å². The van der Waals surface area contributed by atoms with Crippen molar-refractivity contribution in [3.05, 3.63) is 94.1 Å². The van der Waals surface area contributed by atoms with Crippen LogP contribution in [0.5, 0.6) is 0 Å². The van der Waals surface area contributed by atoms with E-state index in [1.807, 2.05) is 66.7 Å². The number of amides is 1. The molecule has 0 saturated heterocycles. The van der Waals surface area contributed by atoms with E-state index in [9.17, 15) is 9.59 Å². The van der Waals surface area contributed by atoms with Crippen LogP contribution >= 0.6 is 34.7 Å². The van der Waals surface area contributed by atoms with Crippen molar-refractivity contribution in [2.24, 2.45) is 0 Å². The Morgan fingerprint density at radius 2 is 1.61 bits per heavy atom. The Balaban J connectivity index is 1.30. The van der Waals surface area contributed by atoms with Gasteiger partial charge in [-0.15, -0.1) is 0 Å². The molecule has 0 unspecified atom stereocenters. The lowest BCUT2D eigenvalue weighted by Gasteiger charge is -2.15. The van der Waals surface area contributed by atoms with Gasteiger partial charge < -0.3 is 9.53 Å². The number of nitrogens with zero attached hydrogens (tertiary/aromatic N) is 1. The Kier molecular flexibility index (Phi) is 6.84. The summed E-state index contributed by atoms with van der Waals surface area (Å²) >= 11 is 13.7. The van der Waals surface area contributed by atoms with Gasteiger partial charge in [-0.25, -0.2) is 4.79 Å². The Morgan fingerprint density at radius 3 is 2.22 bits per heavy atom. The van der Waals surface area contributed by atoms with Gasteiger partial charge in [-0.05, 0) is 59.6 Å². The molecule has 0 spiro atoms. The van der Waals surface area contributed by atoms with Gasteiger partial charge in [-0.2, -0.15) is 4.37 Å². The van der Waals surface area contributed by atoms with Gasteiger partial charge in [-0.3, -0.25) is 5.32 Å². The van der Waals surface area contributed by atoms with E-state index < -0.39 is 12.2 Å². The highest BCUT2D eigenvalue weighted by atomic mass is 35.5. The number of hydrogen-bond donors (Lipinski definition) is 1. The quantitative estimate of drug-likeness (QED) is 0.241. The van der Waals surface area contributed by atoms with E-state index in [2.05, 4.69) is 9.69 Å². The molecule has 1 saturated carbocycles. The smallest absolute Gasteiger partial charge is 0.412 e.